The number of hydrazine groups is 1. The third-order valence-corrected chi connectivity index (χ3v) is 1.09. The molecule has 1 heterocycles. The van der Waals surface area contributed by atoms with E-state index in [-0.39, 0.29) is 0 Å². The number of nitrogens with two attached hydrogens (primary N) is 2. The predicted molar refractivity (Wildman–Crippen MR) is 36.6 cm³/mol. The second-order valence-corrected chi connectivity index (χ2v) is 1.70. The van der Waals surface area contributed by atoms with Crippen LogP contribution in [0.2, 0.25) is 0 Å². The molecule has 0 bridgehead atoms. The Morgan fingerprint density at radius 3 is 2.67 bits per heavy atom. The number of hydrogen-bond acceptors (Lipinski definition) is 3. The minimum atomic E-state index is 0.803. The van der Waals surface area contributed by atoms with E-state index >= 15 is 0 Å². The van der Waals surface area contributed by atoms with Crippen molar-refractivity contribution in [2.45, 2.75) is 0 Å². The minimum Gasteiger partial charge on any atom is -0.403 e. The summed E-state index contributed by atoms with van der Waals surface area (Å²) in [6.45, 7) is 0. The Labute approximate surface area is 53.9 Å². The predicted octanol–water partition coefficient (Wildman–Crippen LogP) is 0.0457. The van der Waals surface area contributed by atoms with Gasteiger partial charge in [-0.2, -0.15) is 0 Å². The lowest BCUT2D eigenvalue weighted by Gasteiger charge is -2.15. The van der Waals surface area contributed by atoms with Crippen molar-refractivity contribution in [3.05, 3.63) is 36.3 Å². The zero-order valence-corrected chi connectivity index (χ0v) is 4.99. The molecule has 1 aliphatic heterocycles. The van der Waals surface area contributed by atoms with Gasteiger partial charge >= 0.3 is 0 Å². The van der Waals surface area contributed by atoms with E-state index in [9.17, 15) is 0 Å². The molecule has 1 rings (SSSR count). The quantitative estimate of drug-likeness (QED) is 0.447. The second kappa shape index (κ2) is 2.37. The van der Waals surface area contributed by atoms with Crippen LogP contribution in [0.1, 0.15) is 0 Å². The molecule has 3 nitrogen and oxygen atoms in total. The maximum atomic E-state index is 5.44. The highest BCUT2D eigenvalue weighted by Crippen LogP contribution is 2.04. The standard InChI is InChI=1S/C6H9N3/c7-5-6-3-1-2-4-9(6)8/h1-5H,7-8H2/b6-5+. The molecule has 0 radical (unpaired) electrons. The first-order valence-corrected chi connectivity index (χ1v) is 2.65. The summed E-state index contributed by atoms with van der Waals surface area (Å²) < 4.78 is 0. The molecule has 0 aromatic carbocycles. The van der Waals surface area contributed by atoms with Crippen molar-refractivity contribution in [3.8, 4) is 0 Å². The van der Waals surface area contributed by atoms with Crippen molar-refractivity contribution >= 4 is 0 Å². The lowest BCUT2D eigenvalue weighted by Crippen LogP contribution is -2.24. The molecular formula is C6H9N3. The van der Waals surface area contributed by atoms with Gasteiger partial charge in [0.05, 0.1) is 5.70 Å². The van der Waals surface area contributed by atoms with Gasteiger partial charge in [0.15, 0.2) is 0 Å². The van der Waals surface area contributed by atoms with E-state index in [1.54, 1.807) is 6.20 Å². The minimum absolute atomic E-state index is 0.803. The zero-order valence-electron chi connectivity index (χ0n) is 4.99. The first-order chi connectivity index (χ1) is 4.34. The fourth-order valence-electron chi connectivity index (χ4n) is 0.610. The summed E-state index contributed by atoms with van der Waals surface area (Å²) in [5, 5.41) is 1.46. The molecule has 48 valence electrons. The van der Waals surface area contributed by atoms with Crippen molar-refractivity contribution in [2.24, 2.45) is 11.6 Å². The molecule has 9 heavy (non-hydrogen) atoms. The number of rotatable bonds is 0. The Kier molecular flexibility index (Phi) is 1.55. The van der Waals surface area contributed by atoms with Gasteiger partial charge in [0.25, 0.3) is 0 Å². The van der Waals surface area contributed by atoms with Crippen molar-refractivity contribution in [1.29, 1.82) is 0 Å². The Bertz CT molecular complexity index is 179. The van der Waals surface area contributed by atoms with Gasteiger partial charge in [-0.15, -0.1) is 0 Å². The van der Waals surface area contributed by atoms with Gasteiger partial charge < -0.3 is 5.73 Å². The average molecular weight is 123 g/mol. The van der Waals surface area contributed by atoms with Crippen LogP contribution in [0.5, 0.6) is 0 Å². The third kappa shape index (κ3) is 1.12. The molecule has 0 atom stereocenters. The summed E-state index contributed by atoms with van der Waals surface area (Å²) in [7, 11) is 0. The van der Waals surface area contributed by atoms with E-state index in [1.807, 2.05) is 18.2 Å². The SMILES string of the molecule is N/C=C1\C=CC=CN1N. The van der Waals surface area contributed by atoms with Gasteiger partial charge in [0, 0.05) is 12.4 Å². The van der Waals surface area contributed by atoms with E-state index in [0.29, 0.717) is 0 Å². The highest BCUT2D eigenvalue weighted by atomic mass is 15.4. The summed E-state index contributed by atoms with van der Waals surface area (Å²) in [6.07, 6.45) is 8.74. The normalized spacial score (nSPS) is 21.4. The molecule has 0 amide bonds. The monoisotopic (exact) mass is 123 g/mol. The van der Waals surface area contributed by atoms with Crippen LogP contribution in [0.15, 0.2) is 36.3 Å². The molecule has 0 saturated heterocycles. The van der Waals surface area contributed by atoms with Crippen LogP contribution in [0, 0.1) is 0 Å². The van der Waals surface area contributed by atoms with Crippen LogP contribution >= 0.6 is 0 Å². The molecule has 0 aromatic rings. The van der Waals surface area contributed by atoms with Crippen molar-refractivity contribution in [2.75, 3.05) is 0 Å². The maximum absolute atomic E-state index is 5.44. The van der Waals surface area contributed by atoms with Crippen LogP contribution in [0.25, 0.3) is 0 Å². The van der Waals surface area contributed by atoms with E-state index < -0.39 is 0 Å². The van der Waals surface area contributed by atoms with E-state index in [0.717, 1.165) is 5.70 Å². The van der Waals surface area contributed by atoms with Gasteiger partial charge in [0.2, 0.25) is 0 Å². The van der Waals surface area contributed by atoms with E-state index in [2.05, 4.69) is 0 Å². The molecule has 0 saturated carbocycles. The lowest BCUT2D eigenvalue weighted by molar-refractivity contribution is 0.503. The molecule has 0 aromatic heterocycles. The van der Waals surface area contributed by atoms with Crippen LogP contribution < -0.4 is 11.6 Å². The average Bonchev–Trinajstić information content (AvgIpc) is 1.89. The number of nitrogens with zero attached hydrogens (tertiary/aromatic N) is 1. The Morgan fingerprint density at radius 2 is 2.22 bits per heavy atom. The van der Waals surface area contributed by atoms with Crippen molar-refractivity contribution in [3.63, 3.8) is 0 Å². The van der Waals surface area contributed by atoms with Crippen LogP contribution in [-0.2, 0) is 0 Å². The summed E-state index contributed by atoms with van der Waals surface area (Å²) in [5.74, 6) is 5.44. The smallest absolute Gasteiger partial charge is 0.0722 e. The molecular weight excluding hydrogens is 114 g/mol. The molecule has 0 spiro atoms. The second-order valence-electron chi connectivity index (χ2n) is 1.70. The largest absolute Gasteiger partial charge is 0.403 e. The van der Waals surface area contributed by atoms with Gasteiger partial charge in [-0.05, 0) is 12.2 Å². The van der Waals surface area contributed by atoms with Crippen LogP contribution in [-0.4, -0.2) is 5.01 Å². The summed E-state index contributed by atoms with van der Waals surface area (Å²) in [4.78, 5) is 0. The summed E-state index contributed by atoms with van der Waals surface area (Å²) in [6, 6.07) is 0. The van der Waals surface area contributed by atoms with Crippen molar-refractivity contribution in [1.82, 2.24) is 5.01 Å². The highest BCUT2D eigenvalue weighted by molar-refractivity contribution is 5.25. The molecule has 4 N–H and O–H groups in total. The van der Waals surface area contributed by atoms with E-state index in [1.165, 1.54) is 11.2 Å². The molecule has 1 aliphatic rings. The van der Waals surface area contributed by atoms with Crippen LogP contribution in [0.4, 0.5) is 0 Å². The first-order valence-electron chi connectivity index (χ1n) is 2.65. The van der Waals surface area contributed by atoms with Gasteiger partial charge in [0.1, 0.15) is 0 Å². The van der Waals surface area contributed by atoms with E-state index in [4.69, 9.17) is 11.6 Å². The third-order valence-electron chi connectivity index (χ3n) is 1.09. The Balaban J connectivity index is 2.78. The number of hydrogen-bond donors (Lipinski definition) is 2. The van der Waals surface area contributed by atoms with Gasteiger partial charge in [-0.3, -0.25) is 5.01 Å². The maximum Gasteiger partial charge on any atom is 0.0722 e. The Hall–Kier alpha value is -1.22. The van der Waals surface area contributed by atoms with Gasteiger partial charge in [-0.1, -0.05) is 6.08 Å². The van der Waals surface area contributed by atoms with Crippen LogP contribution in [0.3, 0.4) is 0 Å². The fourth-order valence-corrected chi connectivity index (χ4v) is 0.610. The van der Waals surface area contributed by atoms with Crippen molar-refractivity contribution < 1.29 is 0 Å². The summed E-state index contributed by atoms with van der Waals surface area (Å²) >= 11 is 0. The molecule has 0 aliphatic carbocycles. The number of allylic oxidation sites excluding steroid dienone is 3. The zero-order chi connectivity index (χ0) is 6.69. The lowest BCUT2D eigenvalue weighted by atomic mass is 10.3. The fraction of sp³-hybridized carbons (Fsp3) is 0. The van der Waals surface area contributed by atoms with Gasteiger partial charge in [-0.25, -0.2) is 5.84 Å². The highest BCUT2D eigenvalue weighted by Gasteiger charge is 1.97. The Morgan fingerprint density at radius 1 is 1.44 bits per heavy atom. The molecule has 0 unspecified atom stereocenters. The molecule has 0 fully saturated rings. The first kappa shape index (κ1) is 5.91. The topological polar surface area (TPSA) is 55.3 Å². The summed E-state index contributed by atoms with van der Waals surface area (Å²) in [5.41, 5.74) is 6.03. The molecule has 3 heteroatoms.